The molecule has 0 atom stereocenters. The van der Waals surface area contributed by atoms with Crippen LogP contribution < -0.4 is 15.4 Å². The van der Waals surface area contributed by atoms with Crippen molar-refractivity contribution in [2.45, 2.75) is 13.5 Å². The maximum absolute atomic E-state index is 12.2. The SMILES string of the molecule is Cc1ccc(NC(=O)NCc2ccc(C(=O)O)cc2)c(OCC(=O)N(C)C)c1. The van der Waals surface area contributed by atoms with Crippen LogP contribution in [-0.4, -0.2) is 48.6 Å². The number of anilines is 1. The van der Waals surface area contributed by atoms with Gasteiger partial charge in [-0.15, -0.1) is 0 Å². The summed E-state index contributed by atoms with van der Waals surface area (Å²) in [6, 6.07) is 11.0. The van der Waals surface area contributed by atoms with Crippen molar-refractivity contribution in [2.75, 3.05) is 26.0 Å². The number of hydrogen-bond acceptors (Lipinski definition) is 4. The smallest absolute Gasteiger partial charge is 0.335 e. The Balaban J connectivity index is 1.97. The van der Waals surface area contributed by atoms with Crippen LogP contribution in [0.15, 0.2) is 42.5 Å². The number of aromatic carboxylic acids is 1. The van der Waals surface area contributed by atoms with Crippen molar-refractivity contribution >= 4 is 23.6 Å². The van der Waals surface area contributed by atoms with Gasteiger partial charge in [-0.3, -0.25) is 4.79 Å². The zero-order valence-electron chi connectivity index (χ0n) is 16.0. The average Bonchev–Trinajstić information content (AvgIpc) is 2.66. The lowest BCUT2D eigenvalue weighted by Crippen LogP contribution is -2.29. The first-order valence-electron chi connectivity index (χ1n) is 8.57. The maximum Gasteiger partial charge on any atom is 0.335 e. The van der Waals surface area contributed by atoms with E-state index in [4.69, 9.17) is 9.84 Å². The fraction of sp³-hybridized carbons (Fsp3) is 0.250. The number of nitrogens with one attached hydrogen (secondary N) is 2. The summed E-state index contributed by atoms with van der Waals surface area (Å²) in [5.41, 5.74) is 2.31. The molecule has 0 heterocycles. The van der Waals surface area contributed by atoms with Crippen LogP contribution in [0.2, 0.25) is 0 Å². The van der Waals surface area contributed by atoms with Crippen LogP contribution in [0.3, 0.4) is 0 Å². The Morgan fingerprint density at radius 2 is 1.75 bits per heavy atom. The molecule has 8 heteroatoms. The molecule has 3 amide bonds. The predicted molar refractivity (Wildman–Crippen MR) is 105 cm³/mol. The zero-order valence-corrected chi connectivity index (χ0v) is 16.0. The molecule has 0 aromatic heterocycles. The number of carbonyl (C=O) groups is 3. The second-order valence-electron chi connectivity index (χ2n) is 6.39. The third-order valence-corrected chi connectivity index (χ3v) is 3.89. The summed E-state index contributed by atoms with van der Waals surface area (Å²) in [5, 5.41) is 14.3. The van der Waals surface area contributed by atoms with E-state index in [9.17, 15) is 14.4 Å². The predicted octanol–water partition coefficient (Wildman–Crippen LogP) is 2.48. The number of urea groups is 1. The van der Waals surface area contributed by atoms with E-state index >= 15 is 0 Å². The number of carboxylic acids is 1. The van der Waals surface area contributed by atoms with Crippen LogP contribution in [0.4, 0.5) is 10.5 Å². The molecule has 0 unspecified atom stereocenters. The summed E-state index contributed by atoms with van der Waals surface area (Å²) in [4.78, 5) is 36.2. The largest absolute Gasteiger partial charge is 0.482 e. The fourth-order valence-electron chi connectivity index (χ4n) is 2.23. The summed E-state index contributed by atoms with van der Waals surface area (Å²) in [7, 11) is 3.27. The number of aryl methyl sites for hydroxylation is 1. The number of hydrogen-bond donors (Lipinski definition) is 3. The first kappa shape index (κ1) is 20.8. The average molecular weight is 385 g/mol. The van der Waals surface area contributed by atoms with Crippen molar-refractivity contribution in [3.05, 3.63) is 59.2 Å². The van der Waals surface area contributed by atoms with E-state index in [1.54, 1.807) is 38.4 Å². The van der Waals surface area contributed by atoms with Crippen LogP contribution in [0.1, 0.15) is 21.5 Å². The van der Waals surface area contributed by atoms with Gasteiger partial charge >= 0.3 is 12.0 Å². The summed E-state index contributed by atoms with van der Waals surface area (Å²) < 4.78 is 5.55. The quantitative estimate of drug-likeness (QED) is 0.679. The van der Waals surface area contributed by atoms with Gasteiger partial charge in [-0.25, -0.2) is 9.59 Å². The molecule has 0 bridgehead atoms. The number of rotatable bonds is 7. The van der Waals surface area contributed by atoms with Crippen LogP contribution in [0.5, 0.6) is 5.75 Å². The number of carbonyl (C=O) groups excluding carboxylic acids is 2. The zero-order chi connectivity index (χ0) is 20.7. The molecule has 0 spiro atoms. The first-order valence-corrected chi connectivity index (χ1v) is 8.57. The number of ether oxygens (including phenoxy) is 1. The minimum absolute atomic E-state index is 0.136. The van der Waals surface area contributed by atoms with Gasteiger partial charge in [0.15, 0.2) is 6.61 Å². The van der Waals surface area contributed by atoms with Crippen molar-refractivity contribution < 1.29 is 24.2 Å². The molecule has 2 rings (SSSR count). The van der Waals surface area contributed by atoms with Crippen LogP contribution >= 0.6 is 0 Å². The van der Waals surface area contributed by atoms with Crippen molar-refractivity contribution in [1.29, 1.82) is 0 Å². The van der Waals surface area contributed by atoms with Crippen molar-refractivity contribution in [2.24, 2.45) is 0 Å². The minimum Gasteiger partial charge on any atom is -0.482 e. The Morgan fingerprint density at radius 1 is 1.07 bits per heavy atom. The Labute approximate surface area is 163 Å². The minimum atomic E-state index is -1.00. The fourth-order valence-corrected chi connectivity index (χ4v) is 2.23. The molecule has 0 radical (unpaired) electrons. The van der Waals surface area contributed by atoms with Gasteiger partial charge in [-0.05, 0) is 42.3 Å². The van der Waals surface area contributed by atoms with Crippen LogP contribution in [-0.2, 0) is 11.3 Å². The molecule has 2 aromatic carbocycles. The Morgan fingerprint density at radius 3 is 2.36 bits per heavy atom. The Bertz CT molecular complexity index is 863. The summed E-state index contributed by atoms with van der Waals surface area (Å²) in [6.45, 7) is 1.97. The van der Waals surface area contributed by atoms with E-state index in [2.05, 4.69) is 10.6 Å². The molecular weight excluding hydrogens is 362 g/mol. The monoisotopic (exact) mass is 385 g/mol. The molecule has 0 saturated heterocycles. The van der Waals surface area contributed by atoms with E-state index in [-0.39, 0.29) is 24.6 Å². The summed E-state index contributed by atoms with van der Waals surface area (Å²) >= 11 is 0. The Kier molecular flexibility index (Phi) is 6.97. The van der Waals surface area contributed by atoms with Gasteiger partial charge in [0.1, 0.15) is 5.75 Å². The van der Waals surface area contributed by atoms with E-state index in [0.29, 0.717) is 11.4 Å². The van der Waals surface area contributed by atoms with E-state index in [1.165, 1.54) is 17.0 Å². The lowest BCUT2D eigenvalue weighted by Gasteiger charge is -2.15. The standard InChI is InChI=1S/C20H23N3O5/c1-13-4-9-16(17(10-13)28-12-18(24)23(2)3)22-20(27)21-11-14-5-7-15(8-6-14)19(25)26/h4-10H,11-12H2,1-3H3,(H,25,26)(H2,21,22,27). The third-order valence-electron chi connectivity index (χ3n) is 3.89. The van der Waals surface area contributed by atoms with Gasteiger partial charge in [-0.1, -0.05) is 18.2 Å². The molecule has 0 aliphatic heterocycles. The first-order chi connectivity index (χ1) is 13.3. The molecule has 0 fully saturated rings. The van der Waals surface area contributed by atoms with E-state index in [0.717, 1.165) is 11.1 Å². The van der Waals surface area contributed by atoms with Gasteiger partial charge in [0.25, 0.3) is 5.91 Å². The van der Waals surface area contributed by atoms with E-state index in [1.807, 2.05) is 13.0 Å². The van der Waals surface area contributed by atoms with Crippen LogP contribution in [0, 0.1) is 6.92 Å². The Hall–Kier alpha value is -3.55. The summed E-state index contributed by atoms with van der Waals surface area (Å²) in [5.74, 6) is -0.797. The number of nitrogens with zero attached hydrogens (tertiary/aromatic N) is 1. The highest BCUT2D eigenvalue weighted by Gasteiger charge is 2.11. The van der Waals surface area contributed by atoms with Gasteiger partial charge in [0.2, 0.25) is 0 Å². The van der Waals surface area contributed by atoms with Crippen LogP contribution in [0.25, 0.3) is 0 Å². The molecule has 8 nitrogen and oxygen atoms in total. The molecule has 0 saturated carbocycles. The third kappa shape index (κ3) is 6.01. The highest BCUT2D eigenvalue weighted by Crippen LogP contribution is 2.25. The molecule has 148 valence electrons. The highest BCUT2D eigenvalue weighted by atomic mass is 16.5. The number of benzene rings is 2. The highest BCUT2D eigenvalue weighted by molar-refractivity contribution is 5.91. The normalized spacial score (nSPS) is 10.1. The molecular formula is C20H23N3O5. The maximum atomic E-state index is 12.2. The number of amides is 3. The van der Waals surface area contributed by atoms with Gasteiger partial charge in [0, 0.05) is 20.6 Å². The summed E-state index contributed by atoms with van der Waals surface area (Å²) in [6.07, 6.45) is 0. The van der Waals surface area contributed by atoms with Crippen molar-refractivity contribution in [3.63, 3.8) is 0 Å². The number of carboxylic acid groups (broad SMARTS) is 1. The number of likely N-dealkylation sites (N-methyl/N-ethyl adjacent to an activating group) is 1. The molecule has 3 N–H and O–H groups in total. The molecule has 0 aliphatic carbocycles. The van der Waals surface area contributed by atoms with E-state index < -0.39 is 12.0 Å². The molecule has 0 aliphatic rings. The molecule has 28 heavy (non-hydrogen) atoms. The van der Waals surface area contributed by atoms with Crippen molar-refractivity contribution in [3.8, 4) is 5.75 Å². The van der Waals surface area contributed by atoms with Gasteiger partial charge in [-0.2, -0.15) is 0 Å². The van der Waals surface area contributed by atoms with Crippen molar-refractivity contribution in [1.82, 2.24) is 10.2 Å². The van der Waals surface area contributed by atoms with Gasteiger partial charge < -0.3 is 25.4 Å². The lowest BCUT2D eigenvalue weighted by atomic mass is 10.1. The second-order valence-corrected chi connectivity index (χ2v) is 6.39. The molecule has 2 aromatic rings. The van der Waals surface area contributed by atoms with Gasteiger partial charge in [0.05, 0.1) is 11.3 Å². The second kappa shape index (κ2) is 9.40. The topological polar surface area (TPSA) is 108 Å². The lowest BCUT2D eigenvalue weighted by molar-refractivity contribution is -0.130.